The number of halogens is 2. The van der Waals surface area contributed by atoms with Crippen LogP contribution in [0.1, 0.15) is 30.9 Å². The van der Waals surface area contributed by atoms with Gasteiger partial charge < -0.3 is 4.74 Å². The van der Waals surface area contributed by atoms with Crippen LogP contribution in [0.25, 0.3) is 6.08 Å². The first-order valence-corrected chi connectivity index (χ1v) is 7.60. The van der Waals surface area contributed by atoms with Gasteiger partial charge in [-0.15, -0.1) is 0 Å². The molecular weight excluding hydrogens is 360 g/mol. The van der Waals surface area contributed by atoms with Crippen LogP contribution in [0.2, 0.25) is 0 Å². The summed E-state index contributed by atoms with van der Waals surface area (Å²) in [5.41, 5.74) is 2.22. The Balaban J connectivity index is 2.68. The molecule has 0 saturated heterocycles. The minimum atomic E-state index is -0.309. The monoisotopic (exact) mass is 374 g/mol. The van der Waals surface area contributed by atoms with Crippen LogP contribution in [0, 0.1) is 0 Å². The van der Waals surface area contributed by atoms with Crippen LogP contribution in [-0.2, 0) is 9.53 Å². The highest BCUT2D eigenvalue weighted by Gasteiger charge is 2.11. The van der Waals surface area contributed by atoms with Gasteiger partial charge in [-0.25, -0.2) is 4.79 Å². The molecule has 98 valence electrons. The summed E-state index contributed by atoms with van der Waals surface area (Å²) in [5.74, 6) is 0.0732. The van der Waals surface area contributed by atoms with Gasteiger partial charge >= 0.3 is 5.97 Å². The SMILES string of the molecule is CCOC(=O)/C=C/c1ccc(C(C)C(Br)Br)cc1. The number of hydrogen-bond donors (Lipinski definition) is 0. The van der Waals surface area contributed by atoms with Crippen LogP contribution in [0.4, 0.5) is 0 Å². The largest absolute Gasteiger partial charge is 0.463 e. The quantitative estimate of drug-likeness (QED) is 0.430. The number of rotatable bonds is 5. The topological polar surface area (TPSA) is 26.3 Å². The van der Waals surface area contributed by atoms with Crippen molar-refractivity contribution in [1.82, 2.24) is 0 Å². The van der Waals surface area contributed by atoms with Crippen molar-refractivity contribution in [2.24, 2.45) is 0 Å². The van der Waals surface area contributed by atoms with E-state index in [0.717, 1.165) is 5.56 Å². The summed E-state index contributed by atoms with van der Waals surface area (Å²) < 4.78 is 5.07. The molecule has 1 aromatic carbocycles. The van der Waals surface area contributed by atoms with E-state index in [4.69, 9.17) is 4.74 Å². The molecule has 0 bridgehead atoms. The maximum absolute atomic E-state index is 11.2. The molecule has 1 aromatic rings. The highest BCUT2D eigenvalue weighted by Crippen LogP contribution is 2.28. The summed E-state index contributed by atoms with van der Waals surface area (Å²) in [4.78, 5) is 11.2. The van der Waals surface area contributed by atoms with Crippen molar-refractivity contribution in [3.63, 3.8) is 0 Å². The molecule has 0 amide bonds. The Hall–Kier alpha value is -0.610. The second-order valence-corrected chi connectivity index (χ2v) is 7.08. The molecule has 4 heteroatoms. The van der Waals surface area contributed by atoms with E-state index in [-0.39, 0.29) is 9.71 Å². The van der Waals surface area contributed by atoms with Crippen LogP contribution >= 0.6 is 31.9 Å². The van der Waals surface area contributed by atoms with E-state index in [0.29, 0.717) is 12.5 Å². The first-order chi connectivity index (χ1) is 8.54. The third kappa shape index (κ3) is 4.94. The highest BCUT2D eigenvalue weighted by molar-refractivity contribution is 9.24. The number of hydrogen-bond acceptors (Lipinski definition) is 2. The normalized spacial score (nSPS) is 12.9. The molecule has 0 aliphatic rings. The van der Waals surface area contributed by atoms with Crippen molar-refractivity contribution < 1.29 is 9.53 Å². The van der Waals surface area contributed by atoms with Crippen molar-refractivity contribution >= 4 is 43.9 Å². The number of benzene rings is 1. The lowest BCUT2D eigenvalue weighted by molar-refractivity contribution is -0.137. The molecule has 1 unspecified atom stereocenters. The van der Waals surface area contributed by atoms with Crippen LogP contribution in [0.5, 0.6) is 0 Å². The maximum Gasteiger partial charge on any atom is 0.330 e. The minimum Gasteiger partial charge on any atom is -0.463 e. The van der Waals surface area contributed by atoms with Gasteiger partial charge in [0.15, 0.2) is 0 Å². The number of alkyl halides is 2. The fourth-order valence-corrected chi connectivity index (χ4v) is 2.02. The van der Waals surface area contributed by atoms with Crippen molar-refractivity contribution in [2.75, 3.05) is 6.61 Å². The zero-order chi connectivity index (χ0) is 13.5. The molecule has 18 heavy (non-hydrogen) atoms. The van der Waals surface area contributed by atoms with Gasteiger partial charge in [-0.2, -0.15) is 0 Å². The minimum absolute atomic E-state index is 0.255. The van der Waals surface area contributed by atoms with Crippen molar-refractivity contribution in [2.45, 2.75) is 23.5 Å². The fourth-order valence-electron chi connectivity index (χ4n) is 1.41. The predicted octanol–water partition coefficient (Wildman–Crippen LogP) is 4.48. The van der Waals surface area contributed by atoms with E-state index in [1.165, 1.54) is 11.6 Å². The average Bonchev–Trinajstić information content (AvgIpc) is 2.36. The summed E-state index contributed by atoms with van der Waals surface area (Å²) in [6.07, 6.45) is 3.20. The first-order valence-electron chi connectivity index (χ1n) is 5.77. The predicted molar refractivity (Wildman–Crippen MR) is 82.2 cm³/mol. The standard InChI is InChI=1S/C14H16Br2O2/c1-3-18-13(17)9-6-11-4-7-12(8-5-11)10(2)14(15)16/h4-10,14H,3H2,1-2H3/b9-6+. The lowest BCUT2D eigenvalue weighted by atomic mass is 10.0. The summed E-state index contributed by atoms with van der Waals surface area (Å²) in [6.45, 7) is 4.33. The summed E-state index contributed by atoms with van der Waals surface area (Å²) in [5, 5.41) is 0. The van der Waals surface area contributed by atoms with E-state index in [9.17, 15) is 4.79 Å². The van der Waals surface area contributed by atoms with Gasteiger partial charge in [0.1, 0.15) is 0 Å². The second-order valence-electron chi connectivity index (χ2n) is 3.88. The molecule has 0 aliphatic carbocycles. The fraction of sp³-hybridized carbons (Fsp3) is 0.357. The molecule has 0 saturated carbocycles. The van der Waals surface area contributed by atoms with Gasteiger partial charge in [-0.3, -0.25) is 0 Å². The highest BCUT2D eigenvalue weighted by atomic mass is 79.9. The number of esters is 1. The summed E-state index contributed by atoms with van der Waals surface area (Å²) in [7, 11) is 0. The number of ether oxygens (including phenoxy) is 1. The van der Waals surface area contributed by atoms with Crippen molar-refractivity contribution in [3.05, 3.63) is 41.5 Å². The Morgan fingerprint density at radius 1 is 1.33 bits per heavy atom. The maximum atomic E-state index is 11.2. The van der Waals surface area contributed by atoms with Gasteiger partial charge in [0.2, 0.25) is 0 Å². The van der Waals surface area contributed by atoms with Gasteiger partial charge in [-0.05, 0) is 24.1 Å². The molecule has 1 atom stereocenters. The van der Waals surface area contributed by atoms with E-state index < -0.39 is 0 Å². The summed E-state index contributed by atoms with van der Waals surface area (Å²) >= 11 is 7.01. The Labute approximate surface area is 125 Å². The molecule has 0 spiro atoms. The second kappa shape index (κ2) is 7.74. The van der Waals surface area contributed by atoms with E-state index in [1.807, 2.05) is 12.1 Å². The molecule has 0 N–H and O–H groups in total. The first kappa shape index (κ1) is 15.4. The van der Waals surface area contributed by atoms with E-state index >= 15 is 0 Å². The van der Waals surface area contributed by atoms with Gasteiger partial charge in [0, 0.05) is 12.0 Å². The molecule has 0 radical (unpaired) electrons. The number of carbonyl (C=O) groups is 1. The summed E-state index contributed by atoms with van der Waals surface area (Å²) in [6, 6.07) is 8.10. The Morgan fingerprint density at radius 2 is 1.94 bits per heavy atom. The molecule has 0 heterocycles. The third-order valence-electron chi connectivity index (χ3n) is 2.54. The Morgan fingerprint density at radius 3 is 2.44 bits per heavy atom. The van der Waals surface area contributed by atoms with E-state index in [1.54, 1.807) is 13.0 Å². The van der Waals surface area contributed by atoms with Crippen LogP contribution < -0.4 is 0 Å². The molecule has 0 aromatic heterocycles. The van der Waals surface area contributed by atoms with E-state index in [2.05, 4.69) is 50.9 Å². The Kier molecular flexibility index (Phi) is 6.65. The smallest absolute Gasteiger partial charge is 0.330 e. The zero-order valence-corrected chi connectivity index (χ0v) is 13.6. The lowest BCUT2D eigenvalue weighted by Gasteiger charge is -2.13. The molecule has 0 aliphatic heterocycles. The van der Waals surface area contributed by atoms with Crippen LogP contribution in [-0.4, -0.2) is 16.3 Å². The number of carbonyl (C=O) groups excluding carboxylic acids is 1. The van der Waals surface area contributed by atoms with Gasteiger partial charge in [0.05, 0.1) is 10.3 Å². The van der Waals surface area contributed by atoms with Gasteiger partial charge in [-0.1, -0.05) is 63.0 Å². The molecule has 2 nitrogen and oxygen atoms in total. The average molecular weight is 376 g/mol. The van der Waals surface area contributed by atoms with Crippen LogP contribution in [0.15, 0.2) is 30.3 Å². The van der Waals surface area contributed by atoms with Gasteiger partial charge in [0.25, 0.3) is 0 Å². The van der Waals surface area contributed by atoms with Crippen LogP contribution in [0.3, 0.4) is 0 Å². The lowest BCUT2D eigenvalue weighted by Crippen LogP contribution is -2.01. The zero-order valence-electron chi connectivity index (χ0n) is 10.4. The third-order valence-corrected chi connectivity index (χ3v) is 4.12. The molecule has 0 fully saturated rings. The Bertz CT molecular complexity index is 410. The molecule has 1 rings (SSSR count). The van der Waals surface area contributed by atoms with Crippen molar-refractivity contribution in [3.8, 4) is 0 Å². The molecular formula is C14H16Br2O2. The van der Waals surface area contributed by atoms with Crippen molar-refractivity contribution in [1.29, 1.82) is 0 Å².